The van der Waals surface area contributed by atoms with Gasteiger partial charge in [0.1, 0.15) is 9.77 Å². The Morgan fingerprint density at radius 2 is 2.12 bits per heavy atom. The van der Waals surface area contributed by atoms with E-state index < -0.39 is 10.0 Å². The van der Waals surface area contributed by atoms with Crippen molar-refractivity contribution in [2.45, 2.75) is 43.9 Å². The van der Waals surface area contributed by atoms with Gasteiger partial charge < -0.3 is 5.32 Å². The number of hydrogen-bond acceptors (Lipinski definition) is 5. The first kappa shape index (κ1) is 19.1. The van der Waals surface area contributed by atoms with Gasteiger partial charge in [-0.2, -0.15) is 9.40 Å². The molecule has 142 valence electrons. The SMILES string of the molecule is Cc1[nH]ncc1CCCNC(=O)c1sccc1S(=O)(=O)N1CCCCC1. The fourth-order valence-electron chi connectivity index (χ4n) is 3.10. The first-order chi connectivity index (χ1) is 12.5. The van der Waals surface area contributed by atoms with Crippen LogP contribution in [0.25, 0.3) is 0 Å². The average molecular weight is 397 g/mol. The maximum Gasteiger partial charge on any atom is 0.262 e. The molecule has 3 rings (SSSR count). The minimum absolute atomic E-state index is 0.132. The molecule has 0 unspecified atom stereocenters. The largest absolute Gasteiger partial charge is 0.351 e. The Morgan fingerprint density at radius 1 is 1.35 bits per heavy atom. The van der Waals surface area contributed by atoms with Crippen LogP contribution in [0.5, 0.6) is 0 Å². The molecule has 0 atom stereocenters. The Morgan fingerprint density at radius 3 is 2.81 bits per heavy atom. The number of piperidine rings is 1. The van der Waals surface area contributed by atoms with Gasteiger partial charge in [-0.15, -0.1) is 11.3 Å². The van der Waals surface area contributed by atoms with Crippen molar-refractivity contribution in [3.05, 3.63) is 33.8 Å². The van der Waals surface area contributed by atoms with Gasteiger partial charge in [-0.25, -0.2) is 8.42 Å². The molecule has 2 aromatic rings. The van der Waals surface area contributed by atoms with Crippen molar-refractivity contribution >= 4 is 27.3 Å². The molecule has 9 heteroatoms. The number of aromatic amines is 1. The number of H-pyrrole nitrogens is 1. The summed E-state index contributed by atoms with van der Waals surface area (Å²) in [6.45, 7) is 3.52. The molecule has 0 saturated carbocycles. The van der Waals surface area contributed by atoms with Crippen LogP contribution in [0.2, 0.25) is 0 Å². The summed E-state index contributed by atoms with van der Waals surface area (Å²) in [6.07, 6.45) is 6.17. The molecule has 0 bridgehead atoms. The van der Waals surface area contributed by atoms with Crippen molar-refractivity contribution < 1.29 is 13.2 Å². The van der Waals surface area contributed by atoms with E-state index in [0.717, 1.165) is 43.4 Å². The third-order valence-corrected chi connectivity index (χ3v) is 7.59. The molecule has 0 spiro atoms. The fourth-order valence-corrected chi connectivity index (χ4v) is 5.93. The van der Waals surface area contributed by atoms with Gasteiger partial charge in [-0.05, 0) is 49.6 Å². The van der Waals surface area contributed by atoms with Gasteiger partial charge in [-0.1, -0.05) is 6.42 Å². The quantitative estimate of drug-likeness (QED) is 0.702. The van der Waals surface area contributed by atoms with Crippen molar-refractivity contribution in [2.75, 3.05) is 19.6 Å². The van der Waals surface area contributed by atoms with Crippen LogP contribution < -0.4 is 5.32 Å². The highest BCUT2D eigenvalue weighted by molar-refractivity contribution is 7.89. The lowest BCUT2D eigenvalue weighted by Crippen LogP contribution is -2.36. The third kappa shape index (κ3) is 4.16. The number of thiophene rings is 1. The van der Waals surface area contributed by atoms with Gasteiger partial charge >= 0.3 is 0 Å². The lowest BCUT2D eigenvalue weighted by atomic mass is 10.1. The summed E-state index contributed by atoms with van der Waals surface area (Å²) in [5.41, 5.74) is 2.16. The van der Waals surface area contributed by atoms with E-state index >= 15 is 0 Å². The van der Waals surface area contributed by atoms with Gasteiger partial charge in [0.05, 0.1) is 6.20 Å². The standard InChI is InChI=1S/C17H24N4O3S2/c1-13-14(12-19-20-13)6-5-8-18-17(22)16-15(7-11-25-16)26(23,24)21-9-3-2-4-10-21/h7,11-12H,2-6,8-10H2,1H3,(H,18,22)(H,19,20). The number of aryl methyl sites for hydroxylation is 2. The van der Waals surface area contributed by atoms with Crippen LogP contribution in [0, 0.1) is 6.92 Å². The second kappa shape index (κ2) is 8.32. The number of amides is 1. The van der Waals surface area contributed by atoms with Gasteiger partial charge in [0.25, 0.3) is 5.91 Å². The summed E-state index contributed by atoms with van der Waals surface area (Å²) in [5, 5.41) is 11.4. The van der Waals surface area contributed by atoms with Crippen LogP contribution in [0.15, 0.2) is 22.5 Å². The van der Waals surface area contributed by atoms with Crippen molar-refractivity contribution in [3.63, 3.8) is 0 Å². The Balaban J connectivity index is 1.60. The number of nitrogens with zero attached hydrogens (tertiary/aromatic N) is 2. The van der Waals surface area contributed by atoms with Gasteiger partial charge in [0, 0.05) is 25.3 Å². The van der Waals surface area contributed by atoms with E-state index in [1.165, 1.54) is 15.6 Å². The second-order valence-corrected chi connectivity index (χ2v) is 9.28. The summed E-state index contributed by atoms with van der Waals surface area (Å²) < 4.78 is 27.2. The monoisotopic (exact) mass is 396 g/mol. The Bertz CT molecular complexity index is 851. The van der Waals surface area contributed by atoms with Crippen LogP contribution >= 0.6 is 11.3 Å². The predicted molar refractivity (Wildman–Crippen MR) is 101 cm³/mol. The van der Waals surface area contributed by atoms with Gasteiger partial charge in [-0.3, -0.25) is 9.89 Å². The zero-order chi connectivity index (χ0) is 18.6. The smallest absolute Gasteiger partial charge is 0.262 e. The molecule has 1 fully saturated rings. The van der Waals surface area contributed by atoms with E-state index in [4.69, 9.17) is 0 Å². The number of rotatable bonds is 7. The van der Waals surface area contributed by atoms with Crippen molar-refractivity contribution in [2.24, 2.45) is 0 Å². The number of hydrogen-bond donors (Lipinski definition) is 2. The zero-order valence-electron chi connectivity index (χ0n) is 14.8. The summed E-state index contributed by atoms with van der Waals surface area (Å²) in [5.74, 6) is -0.320. The zero-order valence-corrected chi connectivity index (χ0v) is 16.5. The molecule has 1 aliphatic rings. The number of carbonyl (C=O) groups is 1. The Kier molecular flexibility index (Phi) is 6.10. The maximum absolute atomic E-state index is 12.8. The minimum atomic E-state index is -3.60. The van der Waals surface area contributed by atoms with E-state index in [1.54, 1.807) is 17.6 Å². The minimum Gasteiger partial charge on any atom is -0.351 e. The normalized spacial score (nSPS) is 15.9. The topological polar surface area (TPSA) is 95.2 Å². The number of nitrogens with one attached hydrogen (secondary N) is 2. The number of carbonyl (C=O) groups excluding carboxylic acids is 1. The second-order valence-electron chi connectivity index (χ2n) is 6.46. The first-order valence-corrected chi connectivity index (χ1v) is 11.2. The summed E-state index contributed by atoms with van der Waals surface area (Å²) in [4.78, 5) is 12.9. The highest BCUT2D eigenvalue weighted by Gasteiger charge is 2.30. The molecule has 1 aliphatic heterocycles. The van der Waals surface area contributed by atoms with Crippen LogP contribution in [0.4, 0.5) is 0 Å². The Hall–Kier alpha value is -1.71. The Labute approximate surface area is 157 Å². The molecule has 1 amide bonds. The molecule has 0 aliphatic carbocycles. The average Bonchev–Trinajstić information content (AvgIpc) is 3.29. The van der Waals surface area contributed by atoms with Crippen molar-refractivity contribution in [1.29, 1.82) is 0 Å². The summed E-state index contributed by atoms with van der Waals surface area (Å²) >= 11 is 1.17. The van der Waals surface area contributed by atoms with Crippen LogP contribution in [-0.4, -0.2) is 48.5 Å². The molecule has 1 saturated heterocycles. The maximum atomic E-state index is 12.8. The van der Waals surface area contributed by atoms with E-state index in [2.05, 4.69) is 15.5 Å². The molecule has 26 heavy (non-hydrogen) atoms. The summed E-state index contributed by atoms with van der Waals surface area (Å²) in [7, 11) is -3.60. The molecule has 3 heterocycles. The molecule has 2 N–H and O–H groups in total. The molecular formula is C17H24N4O3S2. The number of sulfonamides is 1. The van der Waals surface area contributed by atoms with Gasteiger partial charge in [0.15, 0.2) is 0 Å². The van der Waals surface area contributed by atoms with Gasteiger partial charge in [0.2, 0.25) is 10.0 Å². The van der Waals surface area contributed by atoms with Crippen molar-refractivity contribution in [3.8, 4) is 0 Å². The molecular weight excluding hydrogens is 372 g/mol. The first-order valence-electron chi connectivity index (χ1n) is 8.85. The lowest BCUT2D eigenvalue weighted by Gasteiger charge is -2.25. The summed E-state index contributed by atoms with van der Waals surface area (Å²) in [6, 6.07) is 1.54. The third-order valence-electron chi connectivity index (χ3n) is 4.61. The molecule has 7 nitrogen and oxygen atoms in total. The highest BCUT2D eigenvalue weighted by atomic mass is 32.2. The predicted octanol–water partition coefficient (Wildman–Crippen LogP) is 2.32. The van der Waals surface area contributed by atoms with Crippen LogP contribution in [0.1, 0.15) is 46.6 Å². The van der Waals surface area contributed by atoms with E-state index in [1.807, 2.05) is 6.92 Å². The molecule has 0 aromatic carbocycles. The number of aromatic nitrogens is 2. The van der Waals surface area contributed by atoms with Crippen LogP contribution in [0.3, 0.4) is 0 Å². The highest BCUT2D eigenvalue weighted by Crippen LogP contribution is 2.27. The van der Waals surface area contributed by atoms with E-state index in [-0.39, 0.29) is 15.7 Å². The molecule has 2 aromatic heterocycles. The fraction of sp³-hybridized carbons (Fsp3) is 0.529. The lowest BCUT2D eigenvalue weighted by molar-refractivity contribution is 0.0954. The van der Waals surface area contributed by atoms with E-state index in [9.17, 15) is 13.2 Å². The van der Waals surface area contributed by atoms with E-state index in [0.29, 0.717) is 19.6 Å². The van der Waals surface area contributed by atoms with Crippen LogP contribution in [-0.2, 0) is 16.4 Å². The van der Waals surface area contributed by atoms with Crippen molar-refractivity contribution in [1.82, 2.24) is 19.8 Å². The molecule has 0 radical (unpaired) electrons.